The highest BCUT2D eigenvalue weighted by molar-refractivity contribution is 6.16. The topological polar surface area (TPSA) is 39.9 Å². The molecule has 0 N–H and O–H groups in total. The Morgan fingerprint density at radius 1 is 1.69 bits per heavy atom. The second-order valence-corrected chi connectivity index (χ2v) is 3.07. The standard InChI is InChI=1S/C8H14ClN3O/c1-3-13-7(2)5-12-6-10-11-8(12)4-9/h6-7H,3-5H2,1-2H3. The van der Waals surface area contributed by atoms with Crippen molar-refractivity contribution in [2.24, 2.45) is 0 Å². The van der Waals surface area contributed by atoms with E-state index in [1.807, 2.05) is 18.4 Å². The van der Waals surface area contributed by atoms with Gasteiger partial charge in [0, 0.05) is 6.61 Å². The molecule has 0 amide bonds. The summed E-state index contributed by atoms with van der Waals surface area (Å²) in [5.41, 5.74) is 0. The first-order chi connectivity index (χ1) is 6.27. The molecule has 0 fully saturated rings. The summed E-state index contributed by atoms with van der Waals surface area (Å²) in [5, 5.41) is 7.65. The normalized spacial score (nSPS) is 13.2. The third-order valence-corrected chi connectivity index (χ3v) is 1.96. The van der Waals surface area contributed by atoms with Crippen LogP contribution in [0, 0.1) is 0 Å². The maximum Gasteiger partial charge on any atom is 0.147 e. The molecule has 0 saturated heterocycles. The van der Waals surface area contributed by atoms with E-state index in [1.165, 1.54) is 0 Å². The summed E-state index contributed by atoms with van der Waals surface area (Å²) in [6, 6.07) is 0. The maximum atomic E-state index is 5.67. The van der Waals surface area contributed by atoms with E-state index in [0.29, 0.717) is 5.88 Å². The van der Waals surface area contributed by atoms with Gasteiger partial charge in [-0.05, 0) is 13.8 Å². The first-order valence-corrected chi connectivity index (χ1v) is 4.85. The summed E-state index contributed by atoms with van der Waals surface area (Å²) in [5.74, 6) is 1.17. The molecule has 1 unspecified atom stereocenters. The molecule has 0 bridgehead atoms. The molecule has 1 heterocycles. The predicted octanol–water partition coefficient (Wildman–Crippen LogP) is 1.44. The average Bonchev–Trinajstić information content (AvgIpc) is 2.52. The predicted molar refractivity (Wildman–Crippen MR) is 50.7 cm³/mol. The van der Waals surface area contributed by atoms with Gasteiger partial charge in [0.2, 0.25) is 0 Å². The molecule has 0 aliphatic carbocycles. The highest BCUT2D eigenvalue weighted by Crippen LogP contribution is 2.02. The van der Waals surface area contributed by atoms with Crippen molar-refractivity contribution in [1.82, 2.24) is 14.8 Å². The van der Waals surface area contributed by atoms with Crippen LogP contribution in [0.2, 0.25) is 0 Å². The average molecular weight is 204 g/mol. The minimum atomic E-state index is 0.169. The SMILES string of the molecule is CCOC(C)Cn1cnnc1CCl. The fourth-order valence-electron chi connectivity index (χ4n) is 1.15. The van der Waals surface area contributed by atoms with Gasteiger partial charge in [0.15, 0.2) is 0 Å². The fourth-order valence-corrected chi connectivity index (χ4v) is 1.36. The molecule has 5 heteroatoms. The van der Waals surface area contributed by atoms with Gasteiger partial charge in [-0.2, -0.15) is 0 Å². The van der Waals surface area contributed by atoms with Crippen molar-refractivity contribution in [3.05, 3.63) is 12.2 Å². The molecule has 4 nitrogen and oxygen atoms in total. The summed E-state index contributed by atoms with van der Waals surface area (Å²) < 4.78 is 7.31. The largest absolute Gasteiger partial charge is 0.377 e. The van der Waals surface area contributed by atoms with E-state index in [1.54, 1.807) is 6.33 Å². The van der Waals surface area contributed by atoms with Crippen molar-refractivity contribution in [3.8, 4) is 0 Å². The van der Waals surface area contributed by atoms with Crippen LogP contribution in [0.15, 0.2) is 6.33 Å². The monoisotopic (exact) mass is 203 g/mol. The summed E-state index contributed by atoms with van der Waals surface area (Å²) in [7, 11) is 0. The summed E-state index contributed by atoms with van der Waals surface area (Å²) in [6.45, 7) is 5.47. The highest BCUT2D eigenvalue weighted by atomic mass is 35.5. The van der Waals surface area contributed by atoms with Crippen molar-refractivity contribution in [2.75, 3.05) is 6.61 Å². The number of alkyl halides is 1. The Morgan fingerprint density at radius 2 is 2.46 bits per heavy atom. The number of hydrogen-bond donors (Lipinski definition) is 0. The maximum absolute atomic E-state index is 5.67. The summed E-state index contributed by atoms with van der Waals surface area (Å²) >= 11 is 5.67. The van der Waals surface area contributed by atoms with Gasteiger partial charge in [-0.25, -0.2) is 0 Å². The van der Waals surface area contributed by atoms with Gasteiger partial charge >= 0.3 is 0 Å². The van der Waals surface area contributed by atoms with E-state index in [0.717, 1.165) is 19.0 Å². The van der Waals surface area contributed by atoms with Crippen molar-refractivity contribution in [2.45, 2.75) is 32.4 Å². The first-order valence-electron chi connectivity index (χ1n) is 4.32. The van der Waals surface area contributed by atoms with Gasteiger partial charge in [0.05, 0.1) is 18.5 Å². The minimum Gasteiger partial charge on any atom is -0.377 e. The molecule has 74 valence electrons. The van der Waals surface area contributed by atoms with E-state index in [2.05, 4.69) is 10.2 Å². The zero-order chi connectivity index (χ0) is 9.68. The molecule has 0 spiro atoms. The number of rotatable bonds is 5. The van der Waals surface area contributed by atoms with E-state index in [9.17, 15) is 0 Å². The van der Waals surface area contributed by atoms with Gasteiger partial charge in [-0.15, -0.1) is 21.8 Å². The van der Waals surface area contributed by atoms with Crippen molar-refractivity contribution in [3.63, 3.8) is 0 Å². The Kier molecular flexibility index (Phi) is 4.18. The number of aromatic nitrogens is 3. The number of ether oxygens (including phenoxy) is 1. The van der Waals surface area contributed by atoms with Gasteiger partial charge in [-0.1, -0.05) is 0 Å². The molecule has 1 rings (SSSR count). The van der Waals surface area contributed by atoms with Crippen LogP contribution in [0.5, 0.6) is 0 Å². The van der Waals surface area contributed by atoms with Crippen LogP contribution < -0.4 is 0 Å². The fraction of sp³-hybridized carbons (Fsp3) is 0.750. The lowest BCUT2D eigenvalue weighted by Gasteiger charge is -2.12. The van der Waals surface area contributed by atoms with Crippen LogP contribution >= 0.6 is 11.6 Å². The molecular weight excluding hydrogens is 190 g/mol. The second kappa shape index (κ2) is 5.19. The Bertz CT molecular complexity index is 251. The third-order valence-electron chi connectivity index (χ3n) is 1.72. The zero-order valence-corrected chi connectivity index (χ0v) is 8.66. The molecule has 1 aromatic rings. The van der Waals surface area contributed by atoms with E-state index >= 15 is 0 Å². The Hall–Kier alpha value is -0.610. The van der Waals surface area contributed by atoms with E-state index in [4.69, 9.17) is 16.3 Å². The van der Waals surface area contributed by atoms with Gasteiger partial charge in [0.25, 0.3) is 0 Å². The van der Waals surface area contributed by atoms with Crippen LogP contribution in [0.3, 0.4) is 0 Å². The molecular formula is C8H14ClN3O. The van der Waals surface area contributed by atoms with Crippen molar-refractivity contribution in [1.29, 1.82) is 0 Å². The van der Waals surface area contributed by atoms with E-state index in [-0.39, 0.29) is 6.10 Å². The number of halogens is 1. The number of hydrogen-bond acceptors (Lipinski definition) is 3. The molecule has 1 atom stereocenters. The minimum absolute atomic E-state index is 0.169. The molecule has 0 aromatic carbocycles. The number of nitrogens with zero attached hydrogens (tertiary/aromatic N) is 3. The van der Waals surface area contributed by atoms with Gasteiger partial charge < -0.3 is 9.30 Å². The van der Waals surface area contributed by atoms with Crippen LogP contribution in [0.1, 0.15) is 19.7 Å². The smallest absolute Gasteiger partial charge is 0.147 e. The Balaban J connectivity index is 2.52. The van der Waals surface area contributed by atoms with Crippen LogP contribution in [-0.4, -0.2) is 27.5 Å². The van der Waals surface area contributed by atoms with Crippen molar-refractivity contribution >= 4 is 11.6 Å². The van der Waals surface area contributed by atoms with E-state index < -0.39 is 0 Å². The molecule has 1 aromatic heterocycles. The summed E-state index contributed by atoms with van der Waals surface area (Å²) in [6.07, 6.45) is 1.84. The Morgan fingerprint density at radius 3 is 3.08 bits per heavy atom. The van der Waals surface area contributed by atoms with Crippen LogP contribution in [0.4, 0.5) is 0 Å². The zero-order valence-electron chi connectivity index (χ0n) is 7.90. The third kappa shape index (κ3) is 2.97. The lowest BCUT2D eigenvalue weighted by atomic mass is 10.4. The summed E-state index contributed by atoms with van der Waals surface area (Å²) in [4.78, 5) is 0. The van der Waals surface area contributed by atoms with Crippen molar-refractivity contribution < 1.29 is 4.74 Å². The van der Waals surface area contributed by atoms with Gasteiger partial charge in [-0.3, -0.25) is 0 Å². The lowest BCUT2D eigenvalue weighted by molar-refractivity contribution is 0.0635. The van der Waals surface area contributed by atoms with Crippen LogP contribution in [-0.2, 0) is 17.2 Å². The molecule has 0 aliphatic heterocycles. The molecule has 0 saturated carbocycles. The molecule has 0 radical (unpaired) electrons. The van der Waals surface area contributed by atoms with Crippen LogP contribution in [0.25, 0.3) is 0 Å². The molecule has 13 heavy (non-hydrogen) atoms. The Labute approximate surface area is 82.9 Å². The highest BCUT2D eigenvalue weighted by Gasteiger charge is 2.06. The first kappa shape index (κ1) is 10.5. The van der Waals surface area contributed by atoms with Gasteiger partial charge in [0.1, 0.15) is 12.2 Å². The lowest BCUT2D eigenvalue weighted by Crippen LogP contribution is -2.17. The quantitative estimate of drug-likeness (QED) is 0.680. The second-order valence-electron chi connectivity index (χ2n) is 2.80. The molecule has 0 aliphatic rings.